The molecule has 0 radical (unpaired) electrons. The van der Waals surface area contributed by atoms with E-state index in [0.29, 0.717) is 5.92 Å². The molecule has 0 aromatic heterocycles. The molecular formula is C9H13Fe-. The van der Waals surface area contributed by atoms with Gasteiger partial charge in [-0.15, -0.1) is 0 Å². The Kier molecular flexibility index (Phi) is 4.00. The van der Waals surface area contributed by atoms with Crippen LogP contribution in [0.15, 0.2) is 17.2 Å². The van der Waals surface area contributed by atoms with Crippen molar-refractivity contribution in [3.05, 3.63) is 23.3 Å². The largest absolute Gasteiger partial charge is 0.269 e. The quantitative estimate of drug-likeness (QED) is 0.394. The summed E-state index contributed by atoms with van der Waals surface area (Å²) in [6.45, 7) is 6.50. The number of hydrogen-bond acceptors (Lipinski definition) is 0. The summed E-state index contributed by atoms with van der Waals surface area (Å²) in [4.78, 5) is 0. The molecular weight excluding hydrogens is 164 g/mol. The van der Waals surface area contributed by atoms with Crippen LogP contribution in [-0.4, -0.2) is 0 Å². The Morgan fingerprint density at radius 1 is 1.50 bits per heavy atom. The van der Waals surface area contributed by atoms with Crippen molar-refractivity contribution in [2.75, 3.05) is 0 Å². The number of hydrogen-bond donors (Lipinski definition) is 0. The minimum Gasteiger partial charge on any atom is -0.269 e. The monoisotopic (exact) mass is 177 g/mol. The fourth-order valence-corrected chi connectivity index (χ4v) is 1.39. The molecule has 1 aliphatic rings. The molecule has 0 amide bonds. The smallest absolute Gasteiger partial charge is 0 e. The summed E-state index contributed by atoms with van der Waals surface area (Å²) in [5.74, 6) is 0.634. The topological polar surface area (TPSA) is 0 Å². The molecule has 0 nitrogen and oxygen atoms in total. The second-order valence-electron chi connectivity index (χ2n) is 2.92. The van der Waals surface area contributed by atoms with Gasteiger partial charge in [0.25, 0.3) is 0 Å². The predicted molar refractivity (Wildman–Crippen MR) is 40.0 cm³/mol. The van der Waals surface area contributed by atoms with Crippen molar-refractivity contribution >= 4 is 0 Å². The maximum Gasteiger partial charge on any atom is 0 e. The van der Waals surface area contributed by atoms with E-state index < -0.39 is 0 Å². The van der Waals surface area contributed by atoms with Gasteiger partial charge in [-0.2, -0.15) is 5.57 Å². The first kappa shape index (κ1) is 10.00. The molecule has 0 aliphatic heterocycles. The van der Waals surface area contributed by atoms with E-state index >= 15 is 0 Å². The number of rotatable bonds is 0. The summed E-state index contributed by atoms with van der Waals surface area (Å²) >= 11 is 0. The molecule has 1 aliphatic carbocycles. The molecule has 0 heterocycles. The van der Waals surface area contributed by atoms with Crippen LogP contribution in [0.5, 0.6) is 0 Å². The van der Waals surface area contributed by atoms with E-state index in [0.717, 1.165) is 0 Å². The third-order valence-electron chi connectivity index (χ3n) is 1.57. The molecule has 10 heavy (non-hydrogen) atoms. The molecule has 0 bridgehead atoms. The molecule has 1 rings (SSSR count). The molecule has 0 N–H and O–H groups in total. The first-order valence-corrected chi connectivity index (χ1v) is 3.46. The first-order chi connectivity index (χ1) is 4.18. The van der Waals surface area contributed by atoms with Gasteiger partial charge >= 0.3 is 0 Å². The van der Waals surface area contributed by atoms with Crippen LogP contribution in [0.3, 0.4) is 0 Å². The molecule has 0 aromatic carbocycles. The van der Waals surface area contributed by atoms with E-state index in [1.807, 2.05) is 0 Å². The van der Waals surface area contributed by atoms with Crippen LogP contribution in [0.1, 0.15) is 27.2 Å². The van der Waals surface area contributed by atoms with Crippen molar-refractivity contribution in [1.29, 1.82) is 0 Å². The second kappa shape index (κ2) is 4.00. The predicted octanol–water partition coefficient (Wildman–Crippen LogP) is 2.72. The summed E-state index contributed by atoms with van der Waals surface area (Å²) in [5.41, 5.74) is 2.78. The molecule has 0 spiro atoms. The number of allylic oxidation sites excluding steroid dienone is 4. The van der Waals surface area contributed by atoms with E-state index in [1.165, 1.54) is 17.6 Å². The third-order valence-corrected chi connectivity index (χ3v) is 1.57. The minimum atomic E-state index is 0. The second-order valence-corrected chi connectivity index (χ2v) is 2.92. The normalized spacial score (nSPS) is 24.5. The van der Waals surface area contributed by atoms with Crippen LogP contribution in [-0.2, 0) is 17.1 Å². The van der Waals surface area contributed by atoms with Crippen LogP contribution in [0.25, 0.3) is 0 Å². The summed E-state index contributed by atoms with van der Waals surface area (Å²) in [6.07, 6.45) is 6.75. The van der Waals surface area contributed by atoms with Gasteiger partial charge in [0.05, 0.1) is 0 Å². The van der Waals surface area contributed by atoms with E-state index in [9.17, 15) is 0 Å². The zero-order valence-electron chi connectivity index (χ0n) is 6.72. The maximum absolute atomic E-state index is 3.35. The molecule has 1 unspecified atom stereocenters. The summed E-state index contributed by atoms with van der Waals surface area (Å²) in [5, 5.41) is 0. The molecule has 0 aromatic rings. The standard InChI is InChI=1S/C9H13.Fe/c1-7-4-8(2)6-9(3)5-7;/h4,9H,5H2,1-3H3;/q-1;. The Labute approximate surface area is 73.9 Å². The molecule has 0 fully saturated rings. The van der Waals surface area contributed by atoms with E-state index in [4.69, 9.17) is 0 Å². The van der Waals surface area contributed by atoms with Crippen molar-refractivity contribution in [2.24, 2.45) is 5.92 Å². The molecule has 0 saturated carbocycles. The Morgan fingerprint density at radius 3 is 2.50 bits per heavy atom. The first-order valence-electron chi connectivity index (χ1n) is 3.46. The van der Waals surface area contributed by atoms with Gasteiger partial charge in [-0.25, -0.2) is 11.6 Å². The van der Waals surface area contributed by atoms with Gasteiger partial charge in [-0.1, -0.05) is 33.1 Å². The Bertz CT molecular complexity index is 166. The van der Waals surface area contributed by atoms with Gasteiger partial charge in [0.2, 0.25) is 0 Å². The SMILES string of the molecule is CC1=[C-]C(C)CC(C)=C1.[Fe]. The van der Waals surface area contributed by atoms with Gasteiger partial charge in [0.1, 0.15) is 0 Å². The van der Waals surface area contributed by atoms with Gasteiger partial charge in [0.15, 0.2) is 0 Å². The molecule has 1 atom stereocenters. The van der Waals surface area contributed by atoms with Gasteiger partial charge in [0, 0.05) is 17.1 Å². The summed E-state index contributed by atoms with van der Waals surface area (Å²) < 4.78 is 0. The van der Waals surface area contributed by atoms with Crippen LogP contribution in [0, 0.1) is 12.0 Å². The fraction of sp³-hybridized carbons (Fsp3) is 0.556. The average molecular weight is 177 g/mol. The third kappa shape index (κ3) is 2.72. The van der Waals surface area contributed by atoms with Crippen molar-refractivity contribution < 1.29 is 17.1 Å². The average Bonchev–Trinajstić information content (AvgIpc) is 1.59. The van der Waals surface area contributed by atoms with Crippen LogP contribution in [0.2, 0.25) is 0 Å². The Hall–Kier alpha value is -0.000519. The van der Waals surface area contributed by atoms with E-state index in [-0.39, 0.29) is 17.1 Å². The van der Waals surface area contributed by atoms with Crippen molar-refractivity contribution in [2.45, 2.75) is 27.2 Å². The fourth-order valence-electron chi connectivity index (χ4n) is 1.39. The zero-order valence-corrected chi connectivity index (χ0v) is 7.82. The van der Waals surface area contributed by atoms with E-state index in [2.05, 4.69) is 32.9 Å². The van der Waals surface area contributed by atoms with Crippen LogP contribution >= 0.6 is 0 Å². The molecule has 0 saturated heterocycles. The van der Waals surface area contributed by atoms with Crippen LogP contribution < -0.4 is 0 Å². The van der Waals surface area contributed by atoms with Gasteiger partial charge < -0.3 is 0 Å². The maximum atomic E-state index is 3.35. The minimum absolute atomic E-state index is 0. The van der Waals surface area contributed by atoms with Crippen molar-refractivity contribution in [3.8, 4) is 0 Å². The van der Waals surface area contributed by atoms with Crippen molar-refractivity contribution in [3.63, 3.8) is 0 Å². The summed E-state index contributed by atoms with van der Waals surface area (Å²) in [7, 11) is 0. The van der Waals surface area contributed by atoms with E-state index in [1.54, 1.807) is 0 Å². The van der Waals surface area contributed by atoms with Crippen molar-refractivity contribution in [1.82, 2.24) is 0 Å². The van der Waals surface area contributed by atoms with Gasteiger partial charge in [-0.3, -0.25) is 6.08 Å². The zero-order chi connectivity index (χ0) is 6.85. The van der Waals surface area contributed by atoms with Crippen LogP contribution in [0.4, 0.5) is 0 Å². The molecule has 58 valence electrons. The Morgan fingerprint density at radius 2 is 2.10 bits per heavy atom. The van der Waals surface area contributed by atoms with Gasteiger partial charge in [-0.05, 0) is 0 Å². The molecule has 1 heteroatoms. The Balaban J connectivity index is 0.000000810. The summed E-state index contributed by atoms with van der Waals surface area (Å²) in [6, 6.07) is 0.